The van der Waals surface area contributed by atoms with E-state index in [0.717, 1.165) is 0 Å². The van der Waals surface area contributed by atoms with Crippen LogP contribution in [0, 0.1) is 0 Å². The average molecular weight is 338 g/mol. The van der Waals surface area contributed by atoms with Crippen LogP contribution in [0.5, 0.6) is 0 Å². The number of hydrogen-bond acceptors (Lipinski definition) is 1. The predicted molar refractivity (Wildman–Crippen MR) is 96.7 cm³/mol. The minimum atomic E-state index is -0.167. The van der Waals surface area contributed by atoms with Gasteiger partial charge in [0.1, 0.15) is 0 Å². The van der Waals surface area contributed by atoms with Gasteiger partial charge in [0.05, 0.1) is 26.2 Å². The van der Waals surface area contributed by atoms with Crippen LogP contribution in [-0.2, 0) is 0 Å². The quantitative estimate of drug-likeness (QED) is 0.542. The number of rotatable bonds is 12. The van der Waals surface area contributed by atoms with Crippen LogP contribution in [0.3, 0.4) is 0 Å². The van der Waals surface area contributed by atoms with Crippen molar-refractivity contribution in [1.82, 2.24) is 0 Å². The maximum absolute atomic E-state index is 8.06. The monoisotopic (exact) mass is 337 g/mol. The topological polar surface area (TPSA) is 20.2 Å². The van der Waals surface area contributed by atoms with Crippen LogP contribution in [0.2, 0.25) is 0 Å². The molecular formula is C19H44ClNO. The maximum Gasteiger partial charge on any atom is 0.0786 e. The molecule has 1 N–H and O–H groups in total. The van der Waals surface area contributed by atoms with Crippen molar-refractivity contribution >= 4 is 0 Å². The fourth-order valence-corrected chi connectivity index (χ4v) is 2.64. The third-order valence-electron chi connectivity index (χ3n) is 3.94. The van der Waals surface area contributed by atoms with Crippen LogP contribution in [0.1, 0.15) is 92.9 Å². The molecular weight excluding hydrogens is 294 g/mol. The Morgan fingerprint density at radius 2 is 0.818 bits per heavy atom. The third-order valence-corrected chi connectivity index (χ3v) is 3.94. The van der Waals surface area contributed by atoms with Crippen LogP contribution in [-0.4, -0.2) is 41.9 Å². The summed E-state index contributed by atoms with van der Waals surface area (Å²) in [7, 11) is 0. The number of aliphatic hydroxyl groups is 1. The summed E-state index contributed by atoms with van der Waals surface area (Å²) in [6.45, 7) is 18.5. The van der Waals surface area contributed by atoms with Crippen molar-refractivity contribution in [2.45, 2.75) is 99.0 Å². The summed E-state index contributed by atoms with van der Waals surface area (Å²) in [5, 5.41) is 8.06. The van der Waals surface area contributed by atoms with E-state index in [1.165, 1.54) is 82.0 Å². The second-order valence-corrected chi connectivity index (χ2v) is 6.74. The second kappa shape index (κ2) is 19.3. The lowest BCUT2D eigenvalue weighted by Gasteiger charge is -2.39. The van der Waals surface area contributed by atoms with E-state index in [-0.39, 0.29) is 18.5 Å². The van der Waals surface area contributed by atoms with Crippen LogP contribution in [0.4, 0.5) is 0 Å². The normalized spacial score (nSPS) is 10.9. The Labute approximate surface area is 147 Å². The van der Waals surface area contributed by atoms with Gasteiger partial charge in [-0.05, 0) is 39.5 Å². The van der Waals surface area contributed by atoms with Gasteiger partial charge in [-0.3, -0.25) is 0 Å². The molecule has 0 heterocycles. The molecule has 138 valence electrons. The van der Waals surface area contributed by atoms with E-state index in [0.29, 0.717) is 0 Å². The molecule has 2 nitrogen and oxygen atoms in total. The molecule has 0 spiro atoms. The molecule has 0 aliphatic heterocycles. The summed E-state index contributed by atoms with van der Waals surface area (Å²) in [4.78, 5) is 0. The largest absolute Gasteiger partial charge is 1.00 e. The number of halogens is 1. The third kappa shape index (κ3) is 18.3. The first-order valence-corrected chi connectivity index (χ1v) is 9.51. The van der Waals surface area contributed by atoms with E-state index >= 15 is 0 Å². The molecule has 3 heteroatoms. The smallest absolute Gasteiger partial charge is 0.0786 e. The van der Waals surface area contributed by atoms with Gasteiger partial charge in [0.2, 0.25) is 0 Å². The van der Waals surface area contributed by atoms with Crippen LogP contribution >= 0.6 is 0 Å². The van der Waals surface area contributed by atoms with Crippen molar-refractivity contribution in [2.24, 2.45) is 0 Å². The van der Waals surface area contributed by atoms with E-state index in [1.807, 2.05) is 0 Å². The average Bonchev–Trinajstić information content (AvgIpc) is 2.45. The molecule has 0 saturated carbocycles. The van der Waals surface area contributed by atoms with Gasteiger partial charge in [0, 0.05) is 6.10 Å². The number of aliphatic hydroxyl groups excluding tert-OH is 1. The van der Waals surface area contributed by atoms with Crippen molar-refractivity contribution in [3.63, 3.8) is 0 Å². The lowest BCUT2D eigenvalue weighted by Crippen LogP contribution is -3.00. The fourth-order valence-electron chi connectivity index (χ4n) is 2.64. The number of unbranched alkanes of at least 4 members (excludes halogenated alkanes) is 4. The van der Waals surface area contributed by atoms with Crippen LogP contribution in [0.25, 0.3) is 0 Å². The first-order valence-electron chi connectivity index (χ1n) is 9.51. The molecule has 0 radical (unpaired) electrons. The van der Waals surface area contributed by atoms with E-state index in [4.69, 9.17) is 5.11 Å². The SMILES string of the molecule is CC(C)O.CCCC[N+](CCCC)(CCCC)CCCC.[Cl-]. The van der Waals surface area contributed by atoms with Gasteiger partial charge in [-0.25, -0.2) is 0 Å². The fraction of sp³-hybridized carbons (Fsp3) is 1.00. The molecule has 0 aliphatic carbocycles. The Balaban J connectivity index is -0.000000640. The van der Waals surface area contributed by atoms with E-state index in [9.17, 15) is 0 Å². The maximum atomic E-state index is 8.06. The highest BCUT2D eigenvalue weighted by Crippen LogP contribution is 2.16. The number of hydrogen-bond donors (Lipinski definition) is 1. The summed E-state index contributed by atoms with van der Waals surface area (Å²) >= 11 is 0. The van der Waals surface area contributed by atoms with Gasteiger partial charge >= 0.3 is 0 Å². The molecule has 0 aromatic rings. The molecule has 0 aromatic heterocycles. The highest BCUT2D eigenvalue weighted by molar-refractivity contribution is 4.49. The van der Waals surface area contributed by atoms with E-state index in [2.05, 4.69) is 27.7 Å². The van der Waals surface area contributed by atoms with Gasteiger partial charge in [-0.1, -0.05) is 53.4 Å². The van der Waals surface area contributed by atoms with Gasteiger partial charge in [-0.15, -0.1) is 0 Å². The molecule has 0 amide bonds. The summed E-state index contributed by atoms with van der Waals surface area (Å²) in [5.41, 5.74) is 0. The van der Waals surface area contributed by atoms with Gasteiger partial charge in [0.25, 0.3) is 0 Å². The molecule has 0 rings (SSSR count). The minimum Gasteiger partial charge on any atom is -1.00 e. The van der Waals surface area contributed by atoms with Crippen molar-refractivity contribution in [2.75, 3.05) is 26.2 Å². The van der Waals surface area contributed by atoms with Crippen molar-refractivity contribution in [1.29, 1.82) is 0 Å². The lowest BCUT2D eigenvalue weighted by atomic mass is 10.1. The molecule has 0 aliphatic rings. The zero-order chi connectivity index (χ0) is 16.6. The Kier molecular flexibility index (Phi) is 23.7. The van der Waals surface area contributed by atoms with Gasteiger partial charge in [-0.2, -0.15) is 0 Å². The molecule has 0 aromatic carbocycles. The second-order valence-electron chi connectivity index (χ2n) is 6.74. The summed E-state index contributed by atoms with van der Waals surface area (Å²) in [6, 6.07) is 0. The van der Waals surface area contributed by atoms with Gasteiger partial charge in [0.15, 0.2) is 0 Å². The lowest BCUT2D eigenvalue weighted by molar-refractivity contribution is -0.929. The molecule has 0 atom stereocenters. The van der Waals surface area contributed by atoms with Crippen LogP contribution in [0.15, 0.2) is 0 Å². The summed E-state index contributed by atoms with van der Waals surface area (Å²) in [5.74, 6) is 0. The van der Waals surface area contributed by atoms with E-state index in [1.54, 1.807) is 13.8 Å². The van der Waals surface area contributed by atoms with Crippen LogP contribution < -0.4 is 12.4 Å². The number of quaternary nitrogens is 1. The predicted octanol–water partition coefficient (Wildman–Crippen LogP) is 2.39. The molecule has 0 saturated heterocycles. The van der Waals surface area contributed by atoms with E-state index < -0.39 is 0 Å². The first kappa shape index (κ1) is 27.1. The Hall–Kier alpha value is 0.210. The minimum absolute atomic E-state index is 0. The molecule has 0 unspecified atom stereocenters. The highest BCUT2D eigenvalue weighted by atomic mass is 35.5. The first-order chi connectivity index (χ1) is 9.97. The zero-order valence-corrected chi connectivity index (χ0v) is 17.1. The highest BCUT2D eigenvalue weighted by Gasteiger charge is 2.24. The number of nitrogens with zero attached hydrogens (tertiary/aromatic N) is 1. The van der Waals surface area contributed by atoms with Crippen molar-refractivity contribution in [3.8, 4) is 0 Å². The Morgan fingerprint density at radius 3 is 0.955 bits per heavy atom. The Bertz CT molecular complexity index is 158. The zero-order valence-electron chi connectivity index (χ0n) is 16.3. The standard InChI is InChI=1S/C16H36N.C3H8O.ClH/c1-5-9-13-17(14-10-6-2,15-11-7-3)16-12-8-4;1-3(2)4;/h5-16H2,1-4H3;3-4H,1-2H3;1H/q+1;;/p-1. The molecule has 0 bridgehead atoms. The van der Waals surface area contributed by atoms with Gasteiger partial charge < -0.3 is 22.0 Å². The van der Waals surface area contributed by atoms with Crippen molar-refractivity contribution in [3.05, 3.63) is 0 Å². The Morgan fingerprint density at radius 1 is 0.636 bits per heavy atom. The summed E-state index contributed by atoms with van der Waals surface area (Å²) in [6.07, 6.45) is 10.9. The van der Waals surface area contributed by atoms with Crippen molar-refractivity contribution < 1.29 is 22.0 Å². The molecule has 0 fully saturated rings. The molecule has 22 heavy (non-hydrogen) atoms. The summed E-state index contributed by atoms with van der Waals surface area (Å²) < 4.78 is 1.42.